The molecule has 0 radical (unpaired) electrons. The number of aryl methyl sites for hydroxylation is 2. The van der Waals surface area contributed by atoms with E-state index in [1.165, 1.54) is 17.5 Å². The molecule has 1 aromatic heterocycles. The molecule has 1 heterocycles. The van der Waals surface area contributed by atoms with Crippen LogP contribution in [-0.4, -0.2) is 23.6 Å². The largest absolute Gasteiger partial charge is 0.341 e. The second-order valence-corrected chi connectivity index (χ2v) is 8.76. The van der Waals surface area contributed by atoms with Crippen molar-refractivity contribution in [3.05, 3.63) is 55.7 Å². The molecule has 0 atom stereocenters. The number of ketones is 1. The monoisotopic (exact) mass is 405 g/mol. The number of carbonyl (C=O) groups is 2. The summed E-state index contributed by atoms with van der Waals surface area (Å²) in [7, 11) is 1.79. The first kappa shape index (κ1) is 17.4. The van der Waals surface area contributed by atoms with E-state index in [9.17, 15) is 9.59 Å². The number of Topliss-reactive ketones (excluding diaryl/α,β-unsaturated/α-hetero) is 1. The third kappa shape index (κ3) is 4.14. The lowest BCUT2D eigenvalue weighted by Crippen LogP contribution is -2.26. The first-order valence-electron chi connectivity index (χ1n) is 8.16. The Bertz CT molecular complexity index is 768. The van der Waals surface area contributed by atoms with Gasteiger partial charge in [0.25, 0.3) is 0 Å². The van der Waals surface area contributed by atoms with E-state index in [2.05, 4.69) is 22.0 Å². The quantitative estimate of drug-likeness (QED) is 0.657. The molecule has 1 amide bonds. The second kappa shape index (κ2) is 7.62. The molecule has 0 bridgehead atoms. The molecule has 126 valence electrons. The maximum absolute atomic E-state index is 12.4. The molecule has 0 fully saturated rings. The molecular weight excluding hydrogens is 386 g/mol. The number of thiophene rings is 1. The van der Waals surface area contributed by atoms with Gasteiger partial charge in [-0.05, 0) is 64.5 Å². The van der Waals surface area contributed by atoms with Crippen molar-refractivity contribution in [2.75, 3.05) is 7.05 Å². The van der Waals surface area contributed by atoms with Crippen LogP contribution in [0.5, 0.6) is 0 Å². The molecule has 3 rings (SSSR count). The van der Waals surface area contributed by atoms with Gasteiger partial charge in [-0.2, -0.15) is 0 Å². The number of nitrogens with zero attached hydrogens (tertiary/aromatic N) is 1. The molecule has 1 aliphatic carbocycles. The van der Waals surface area contributed by atoms with Crippen molar-refractivity contribution in [3.8, 4) is 0 Å². The van der Waals surface area contributed by atoms with E-state index < -0.39 is 0 Å². The van der Waals surface area contributed by atoms with Crippen molar-refractivity contribution in [2.45, 2.75) is 38.6 Å². The van der Waals surface area contributed by atoms with Gasteiger partial charge in [-0.1, -0.05) is 12.1 Å². The van der Waals surface area contributed by atoms with E-state index in [-0.39, 0.29) is 24.5 Å². The van der Waals surface area contributed by atoms with Crippen LogP contribution < -0.4 is 0 Å². The molecule has 0 spiro atoms. The van der Waals surface area contributed by atoms with E-state index in [1.807, 2.05) is 24.3 Å². The van der Waals surface area contributed by atoms with E-state index in [0.717, 1.165) is 27.1 Å². The number of halogens is 1. The predicted octanol–water partition coefficient (Wildman–Crippen LogP) is 4.62. The minimum atomic E-state index is 0.00836. The van der Waals surface area contributed by atoms with Crippen LogP contribution in [0, 0.1) is 0 Å². The van der Waals surface area contributed by atoms with Gasteiger partial charge in [-0.15, -0.1) is 11.3 Å². The number of fused-ring (bicyclic) bond motifs is 1. The van der Waals surface area contributed by atoms with Gasteiger partial charge in [-0.3, -0.25) is 9.59 Å². The fourth-order valence-corrected chi connectivity index (χ4v) is 4.60. The number of hydrogen-bond donors (Lipinski definition) is 0. The van der Waals surface area contributed by atoms with Crippen molar-refractivity contribution in [2.24, 2.45) is 0 Å². The Balaban J connectivity index is 1.52. The van der Waals surface area contributed by atoms with Crippen molar-refractivity contribution >= 4 is 39.0 Å². The Hall–Kier alpha value is -1.46. The molecule has 0 unspecified atom stereocenters. The fraction of sp³-hybridized carbons (Fsp3) is 0.368. The summed E-state index contributed by atoms with van der Waals surface area (Å²) < 4.78 is 1.06. The lowest BCUT2D eigenvalue weighted by Gasteiger charge is -2.16. The Kier molecular flexibility index (Phi) is 5.51. The Labute approximate surface area is 154 Å². The Morgan fingerprint density at radius 1 is 1.12 bits per heavy atom. The lowest BCUT2D eigenvalue weighted by atomic mass is 10.0. The smallest absolute Gasteiger partial charge is 0.223 e. The SMILES string of the molecule is CN(Cc1ccc(Br)s1)C(=O)CCC(=O)c1ccc2c(c1)CCC2. The summed E-state index contributed by atoms with van der Waals surface area (Å²) in [6.45, 7) is 0.585. The summed E-state index contributed by atoms with van der Waals surface area (Å²) >= 11 is 5.05. The van der Waals surface area contributed by atoms with E-state index in [4.69, 9.17) is 0 Å². The molecule has 24 heavy (non-hydrogen) atoms. The molecular formula is C19H20BrNO2S. The summed E-state index contributed by atoms with van der Waals surface area (Å²) in [4.78, 5) is 27.4. The summed E-state index contributed by atoms with van der Waals surface area (Å²) in [5, 5.41) is 0. The zero-order chi connectivity index (χ0) is 17.1. The van der Waals surface area contributed by atoms with Gasteiger partial charge >= 0.3 is 0 Å². The highest BCUT2D eigenvalue weighted by Gasteiger charge is 2.16. The van der Waals surface area contributed by atoms with Gasteiger partial charge in [-0.25, -0.2) is 0 Å². The van der Waals surface area contributed by atoms with E-state index in [1.54, 1.807) is 23.3 Å². The van der Waals surface area contributed by atoms with Crippen molar-refractivity contribution in [1.29, 1.82) is 0 Å². The average Bonchev–Trinajstić information content (AvgIpc) is 3.20. The van der Waals surface area contributed by atoms with Crippen LogP contribution in [0.1, 0.15) is 45.6 Å². The van der Waals surface area contributed by atoms with Gasteiger partial charge in [0.15, 0.2) is 5.78 Å². The van der Waals surface area contributed by atoms with Gasteiger partial charge in [0.1, 0.15) is 0 Å². The Morgan fingerprint density at radius 3 is 2.67 bits per heavy atom. The van der Waals surface area contributed by atoms with Crippen LogP contribution in [0.3, 0.4) is 0 Å². The van der Waals surface area contributed by atoms with Gasteiger partial charge < -0.3 is 4.90 Å². The third-order valence-corrected chi connectivity index (χ3v) is 6.04. The van der Waals surface area contributed by atoms with Gasteiger partial charge in [0, 0.05) is 30.3 Å². The van der Waals surface area contributed by atoms with Crippen LogP contribution in [0.25, 0.3) is 0 Å². The van der Waals surface area contributed by atoms with Crippen LogP contribution in [0.2, 0.25) is 0 Å². The highest BCUT2D eigenvalue weighted by atomic mass is 79.9. The summed E-state index contributed by atoms with van der Waals surface area (Å²) in [6, 6.07) is 9.98. The zero-order valence-corrected chi connectivity index (χ0v) is 16.1. The van der Waals surface area contributed by atoms with E-state index >= 15 is 0 Å². The fourth-order valence-electron chi connectivity index (χ4n) is 3.06. The van der Waals surface area contributed by atoms with Crippen molar-refractivity contribution in [3.63, 3.8) is 0 Å². The molecule has 0 saturated heterocycles. The van der Waals surface area contributed by atoms with Crippen molar-refractivity contribution < 1.29 is 9.59 Å². The normalized spacial score (nSPS) is 12.9. The molecule has 0 N–H and O–H groups in total. The summed E-state index contributed by atoms with van der Waals surface area (Å²) in [5.41, 5.74) is 3.41. The molecule has 5 heteroatoms. The third-order valence-electron chi connectivity index (χ3n) is 4.43. The summed E-state index contributed by atoms with van der Waals surface area (Å²) in [5.74, 6) is 0.0688. The average molecular weight is 406 g/mol. The number of benzene rings is 1. The van der Waals surface area contributed by atoms with Gasteiger partial charge in [0.05, 0.1) is 10.3 Å². The molecule has 2 aromatic rings. The maximum Gasteiger partial charge on any atom is 0.223 e. The number of carbonyl (C=O) groups excluding carboxylic acids is 2. The molecule has 1 aliphatic rings. The topological polar surface area (TPSA) is 37.4 Å². The lowest BCUT2D eigenvalue weighted by molar-refractivity contribution is -0.130. The number of rotatable bonds is 6. The zero-order valence-electron chi connectivity index (χ0n) is 13.7. The van der Waals surface area contributed by atoms with Crippen LogP contribution in [-0.2, 0) is 24.2 Å². The van der Waals surface area contributed by atoms with Crippen LogP contribution in [0.15, 0.2) is 34.1 Å². The molecule has 0 aliphatic heterocycles. The second-order valence-electron chi connectivity index (χ2n) is 6.22. The van der Waals surface area contributed by atoms with E-state index in [0.29, 0.717) is 6.54 Å². The number of amides is 1. The van der Waals surface area contributed by atoms with Crippen LogP contribution in [0.4, 0.5) is 0 Å². The standard InChI is InChI=1S/C19H20BrNO2S/c1-21(12-16-7-9-18(20)24-16)19(23)10-8-17(22)15-6-5-13-3-2-4-14(13)11-15/h5-7,9,11H,2-4,8,10,12H2,1H3. The highest BCUT2D eigenvalue weighted by molar-refractivity contribution is 9.11. The molecule has 3 nitrogen and oxygen atoms in total. The first-order chi connectivity index (χ1) is 11.5. The summed E-state index contributed by atoms with van der Waals surface area (Å²) in [6.07, 6.45) is 3.89. The molecule has 0 saturated carbocycles. The van der Waals surface area contributed by atoms with Gasteiger partial charge in [0.2, 0.25) is 5.91 Å². The number of hydrogen-bond acceptors (Lipinski definition) is 3. The minimum Gasteiger partial charge on any atom is -0.341 e. The first-order valence-corrected chi connectivity index (χ1v) is 9.77. The predicted molar refractivity (Wildman–Crippen MR) is 101 cm³/mol. The van der Waals surface area contributed by atoms with Crippen molar-refractivity contribution in [1.82, 2.24) is 4.90 Å². The van der Waals surface area contributed by atoms with Crippen LogP contribution >= 0.6 is 27.3 Å². The minimum absolute atomic E-state index is 0.00836. The highest BCUT2D eigenvalue weighted by Crippen LogP contribution is 2.24. The molecule has 1 aromatic carbocycles. The maximum atomic E-state index is 12.4. The Morgan fingerprint density at radius 2 is 1.92 bits per heavy atom.